The van der Waals surface area contributed by atoms with Gasteiger partial charge in [0, 0.05) is 0 Å². The number of hydrogen-bond acceptors (Lipinski definition) is 1. The molecule has 0 aromatic rings. The molecule has 11 atom stereocenters. The van der Waals surface area contributed by atoms with Crippen molar-refractivity contribution in [2.75, 3.05) is 0 Å². The molecule has 5 saturated carbocycles. The minimum atomic E-state index is -1.29. The van der Waals surface area contributed by atoms with Crippen LogP contribution in [-0.2, 0) is 4.74 Å². The Morgan fingerprint density at radius 1 is 0.737 bits per heavy atom. The molecule has 1 nitrogen and oxygen atoms in total. The van der Waals surface area contributed by atoms with E-state index in [1.807, 2.05) is 0 Å². The summed E-state index contributed by atoms with van der Waals surface area (Å²) in [5, 5.41) is -0.499. The van der Waals surface area contributed by atoms with Gasteiger partial charge in [0.15, 0.2) is 4.33 Å². The van der Waals surface area contributed by atoms with Gasteiger partial charge in [-0.15, -0.1) is 46.4 Å². The quantitative estimate of drug-likeness (QED) is 0.462. The zero-order valence-electron chi connectivity index (χ0n) is 9.29. The predicted molar refractivity (Wildman–Crippen MR) is 75.9 cm³/mol. The molecule has 5 aliphatic carbocycles. The Bertz CT molecular complexity index is 552. The van der Waals surface area contributed by atoms with E-state index in [4.69, 9.17) is 74.3 Å². The molecule has 1 saturated heterocycles. The van der Waals surface area contributed by atoms with Crippen molar-refractivity contribution in [2.24, 2.45) is 29.6 Å². The van der Waals surface area contributed by atoms with Gasteiger partial charge in [-0.1, -0.05) is 23.2 Å². The molecule has 0 aromatic heterocycles. The first-order chi connectivity index (χ1) is 8.75. The van der Waals surface area contributed by atoms with Gasteiger partial charge in [-0.05, 0) is 29.6 Å². The summed E-state index contributed by atoms with van der Waals surface area (Å²) in [5.74, 6) is 1.17. The number of alkyl halides is 6. The van der Waals surface area contributed by atoms with Crippen LogP contribution >= 0.6 is 69.6 Å². The monoisotopic (exact) mass is 378 g/mol. The highest BCUT2D eigenvalue weighted by Gasteiger charge is 3.04. The van der Waals surface area contributed by atoms with E-state index in [0.717, 1.165) is 0 Å². The van der Waals surface area contributed by atoms with Gasteiger partial charge in [0.2, 0.25) is 0 Å². The first-order valence-electron chi connectivity index (χ1n) is 6.49. The van der Waals surface area contributed by atoms with E-state index in [2.05, 4.69) is 0 Å². The van der Waals surface area contributed by atoms with Crippen LogP contribution in [-0.4, -0.2) is 36.5 Å². The lowest BCUT2D eigenvalue weighted by molar-refractivity contribution is 0.0874. The van der Waals surface area contributed by atoms with Crippen molar-refractivity contribution >= 4 is 69.6 Å². The first kappa shape index (κ1) is 12.2. The number of rotatable bonds is 0. The van der Waals surface area contributed by atoms with Crippen molar-refractivity contribution in [1.29, 1.82) is 0 Å². The van der Waals surface area contributed by atoms with Gasteiger partial charge in [-0.2, -0.15) is 0 Å². The molecule has 6 fully saturated rings. The Balaban J connectivity index is 1.75. The van der Waals surface area contributed by atoms with Crippen molar-refractivity contribution in [3.63, 3.8) is 0 Å². The molecule has 0 aromatic carbocycles. The van der Waals surface area contributed by atoms with Crippen molar-refractivity contribution in [2.45, 2.75) is 36.5 Å². The second-order valence-electron chi connectivity index (χ2n) is 6.98. The topological polar surface area (TPSA) is 12.5 Å². The van der Waals surface area contributed by atoms with E-state index in [1.165, 1.54) is 0 Å². The van der Waals surface area contributed by atoms with Crippen molar-refractivity contribution in [3.05, 3.63) is 0 Å². The smallest absolute Gasteiger partial charge is 0.160 e. The Labute approximate surface area is 140 Å². The second-order valence-corrected chi connectivity index (χ2v) is 10.6. The molecular formula is C12H8Cl6O. The SMILES string of the molecule is Cl[C@H]1[C@@]2(Cl)[C@H]3[C@H]4C5[C@H]([C@@H]6O[C@@H]64)[C@H]3[C@](Cl)(C2(Cl)Cl)[C@@]51Cl. The zero-order chi connectivity index (χ0) is 13.3. The van der Waals surface area contributed by atoms with Crippen LogP contribution in [0.2, 0.25) is 0 Å². The molecule has 19 heavy (non-hydrogen) atoms. The van der Waals surface area contributed by atoms with Gasteiger partial charge in [0.25, 0.3) is 0 Å². The fraction of sp³-hybridized carbons (Fsp3) is 1.00. The molecule has 0 amide bonds. The third kappa shape index (κ3) is 0.718. The fourth-order valence-electron chi connectivity index (χ4n) is 6.79. The normalized spacial score (nSPS) is 83.1. The number of fused-ring (bicyclic) bond motifs is 5. The van der Waals surface area contributed by atoms with Crippen LogP contribution < -0.4 is 0 Å². The van der Waals surface area contributed by atoms with Gasteiger partial charge in [-0.3, -0.25) is 0 Å². The summed E-state index contributed by atoms with van der Waals surface area (Å²) in [4.78, 5) is -2.70. The minimum Gasteiger partial charge on any atom is -0.369 e. The van der Waals surface area contributed by atoms with E-state index >= 15 is 0 Å². The Morgan fingerprint density at radius 2 is 1.32 bits per heavy atom. The van der Waals surface area contributed by atoms with Gasteiger partial charge in [-0.25, -0.2) is 0 Å². The third-order valence-electron chi connectivity index (χ3n) is 7.03. The Hall–Kier alpha value is 1.70. The average molecular weight is 381 g/mol. The van der Waals surface area contributed by atoms with E-state index in [9.17, 15) is 0 Å². The largest absolute Gasteiger partial charge is 0.369 e. The van der Waals surface area contributed by atoms with Crippen molar-refractivity contribution in [1.82, 2.24) is 0 Å². The van der Waals surface area contributed by atoms with Crippen LogP contribution in [0.3, 0.4) is 0 Å². The van der Waals surface area contributed by atoms with Crippen LogP contribution in [0.25, 0.3) is 0 Å². The molecule has 1 heterocycles. The van der Waals surface area contributed by atoms with Crippen LogP contribution in [0.15, 0.2) is 0 Å². The fourth-order valence-corrected chi connectivity index (χ4v) is 10.8. The summed E-state index contributed by atoms with van der Waals surface area (Å²) < 4.78 is 4.49. The molecule has 6 bridgehead atoms. The van der Waals surface area contributed by atoms with Gasteiger partial charge >= 0.3 is 0 Å². The maximum atomic E-state index is 6.99. The van der Waals surface area contributed by atoms with E-state index in [1.54, 1.807) is 0 Å². The molecule has 0 radical (unpaired) electrons. The van der Waals surface area contributed by atoms with Crippen molar-refractivity contribution in [3.8, 4) is 0 Å². The predicted octanol–water partition coefficient (Wildman–Crippen LogP) is 3.62. The van der Waals surface area contributed by atoms with Crippen LogP contribution in [0, 0.1) is 29.6 Å². The van der Waals surface area contributed by atoms with Gasteiger partial charge in [0.05, 0.1) is 22.5 Å². The molecule has 0 N–H and O–H groups in total. The molecule has 1 unspecified atom stereocenters. The van der Waals surface area contributed by atoms with Crippen LogP contribution in [0.1, 0.15) is 0 Å². The number of hydrogen-bond donors (Lipinski definition) is 0. The average Bonchev–Trinajstić information content (AvgIpc) is 2.89. The minimum absolute atomic E-state index is 0.128. The Morgan fingerprint density at radius 3 is 1.95 bits per heavy atom. The summed E-state index contributed by atoms with van der Waals surface area (Å²) in [6, 6.07) is 0. The number of halogens is 6. The molecular weight excluding hydrogens is 373 g/mol. The Kier molecular flexibility index (Phi) is 1.72. The van der Waals surface area contributed by atoms with E-state index < -0.39 is 24.3 Å². The maximum absolute atomic E-state index is 6.99. The lowest BCUT2D eigenvalue weighted by Gasteiger charge is -2.53. The van der Waals surface area contributed by atoms with E-state index in [-0.39, 0.29) is 30.0 Å². The summed E-state index contributed by atoms with van der Waals surface area (Å²) in [6.07, 6.45) is 0.556. The maximum Gasteiger partial charge on any atom is 0.160 e. The van der Waals surface area contributed by atoms with Gasteiger partial charge in [0.1, 0.15) is 9.75 Å². The van der Waals surface area contributed by atoms with Gasteiger partial charge < -0.3 is 4.74 Å². The third-order valence-corrected chi connectivity index (χ3v) is 12.0. The molecule has 0 spiro atoms. The highest BCUT2D eigenvalue weighted by atomic mass is 35.5. The van der Waals surface area contributed by atoms with Crippen molar-refractivity contribution < 1.29 is 4.74 Å². The zero-order valence-corrected chi connectivity index (χ0v) is 13.8. The lowest BCUT2D eigenvalue weighted by atomic mass is 9.62. The molecule has 6 rings (SSSR count). The lowest BCUT2D eigenvalue weighted by Crippen LogP contribution is -2.64. The summed E-state index contributed by atoms with van der Waals surface area (Å²) >= 11 is 40.8. The number of epoxide rings is 1. The molecule has 7 heteroatoms. The highest BCUT2D eigenvalue weighted by Crippen LogP contribution is 2.94. The van der Waals surface area contributed by atoms with E-state index in [0.29, 0.717) is 11.8 Å². The number of ether oxygens (including phenoxy) is 1. The summed E-state index contributed by atoms with van der Waals surface area (Å²) in [7, 11) is 0. The first-order valence-corrected chi connectivity index (χ1v) is 8.82. The van der Waals surface area contributed by atoms with Crippen LogP contribution in [0.4, 0.5) is 0 Å². The standard InChI is InChI=1S/C12H8Cl6O/c13-8-9(14)3-1-4-5(2(3)7-6(1)19-7)11(9,16)12(17,18)10(4,8)15/h1-8H/t1-,2+,3?,4+,5-,6-,7+,8-,9-,10+,11-/m1/s1. The molecule has 104 valence electrons. The second kappa shape index (κ2) is 2.68. The highest BCUT2D eigenvalue weighted by molar-refractivity contribution is 6.63. The summed E-state index contributed by atoms with van der Waals surface area (Å²) in [6.45, 7) is 0. The molecule has 1 aliphatic heterocycles. The van der Waals surface area contributed by atoms with Crippen LogP contribution in [0.5, 0.6) is 0 Å². The molecule has 6 aliphatic rings. The summed E-state index contributed by atoms with van der Waals surface area (Å²) in [5.41, 5.74) is 0.